The lowest BCUT2D eigenvalue weighted by Crippen LogP contribution is -2.43. The van der Waals surface area contributed by atoms with E-state index in [-0.39, 0.29) is 89.8 Å². The van der Waals surface area contributed by atoms with E-state index in [4.69, 9.17) is 14.6 Å². The minimum absolute atomic E-state index is 0.0341. The molecule has 260 valence electrons. The summed E-state index contributed by atoms with van der Waals surface area (Å²) < 4.78 is 10.9. The normalized spacial score (nSPS) is 15.7. The fourth-order valence-corrected chi connectivity index (χ4v) is 5.13. The molecule has 0 saturated carbocycles. The van der Waals surface area contributed by atoms with Crippen LogP contribution >= 0.6 is 0 Å². The highest BCUT2D eigenvalue weighted by Crippen LogP contribution is 2.17. The lowest BCUT2D eigenvalue weighted by atomic mass is 10.1. The molecule has 15 nitrogen and oxygen atoms in total. The number of rotatable bonds is 22. The zero-order chi connectivity index (χ0) is 34.1. The van der Waals surface area contributed by atoms with Gasteiger partial charge >= 0.3 is 11.9 Å². The Balaban J connectivity index is 1.91. The van der Waals surface area contributed by atoms with Gasteiger partial charge in [0, 0.05) is 71.4 Å². The fourth-order valence-electron chi connectivity index (χ4n) is 5.13. The van der Waals surface area contributed by atoms with Crippen molar-refractivity contribution in [2.45, 2.75) is 51.2 Å². The summed E-state index contributed by atoms with van der Waals surface area (Å²) in [5.41, 5.74) is 1.62. The first-order chi connectivity index (χ1) is 22.0. The standard InChI is InChI=1S/C31H52N6O9/c1-24-6-5-7-25(32-24)22-35(4)26(8-11-29(42)36(15-19-39)16-20-40)30(43)45-21-17-33(2)12-13-37-23-46-31(44)27(37)9-10-28(41)34(3)14-18-38/h5-7,26-27,38-40H,8-23H2,1-4H3. The maximum Gasteiger partial charge on any atom is 0.324 e. The monoisotopic (exact) mass is 652 g/mol. The predicted molar refractivity (Wildman–Crippen MR) is 168 cm³/mol. The molecule has 1 aliphatic rings. The largest absolute Gasteiger partial charge is 0.463 e. The number of aliphatic hydroxyl groups excluding tert-OH is 3. The summed E-state index contributed by atoms with van der Waals surface area (Å²) in [7, 11) is 5.26. The Kier molecular flexibility index (Phi) is 17.6. The molecule has 2 atom stereocenters. The number of carbonyl (C=O) groups is 4. The number of ether oxygens (including phenoxy) is 2. The van der Waals surface area contributed by atoms with Gasteiger partial charge in [-0.2, -0.15) is 0 Å². The molecule has 0 aliphatic carbocycles. The van der Waals surface area contributed by atoms with Crippen LogP contribution in [0.25, 0.3) is 0 Å². The summed E-state index contributed by atoms with van der Waals surface area (Å²) in [6.45, 7) is 3.86. The van der Waals surface area contributed by atoms with Gasteiger partial charge in [-0.1, -0.05) is 6.07 Å². The molecule has 0 spiro atoms. The van der Waals surface area contributed by atoms with Gasteiger partial charge in [0.1, 0.15) is 25.4 Å². The van der Waals surface area contributed by atoms with Crippen LogP contribution in [0.3, 0.4) is 0 Å². The first-order valence-electron chi connectivity index (χ1n) is 15.7. The molecule has 0 bridgehead atoms. The average molecular weight is 653 g/mol. The second-order valence-electron chi connectivity index (χ2n) is 11.5. The number of pyridine rings is 1. The first kappa shape index (κ1) is 39.0. The number of aryl methyl sites for hydroxylation is 1. The molecule has 0 radical (unpaired) electrons. The van der Waals surface area contributed by atoms with E-state index >= 15 is 0 Å². The molecule has 1 aliphatic heterocycles. The van der Waals surface area contributed by atoms with Crippen LogP contribution in [0, 0.1) is 6.92 Å². The van der Waals surface area contributed by atoms with Crippen LogP contribution in [0.2, 0.25) is 0 Å². The van der Waals surface area contributed by atoms with Gasteiger partial charge in [0.05, 0.1) is 25.5 Å². The van der Waals surface area contributed by atoms with Gasteiger partial charge in [-0.05, 0) is 46.0 Å². The van der Waals surface area contributed by atoms with Crippen LogP contribution in [0.5, 0.6) is 0 Å². The number of cyclic esters (lactones) is 1. The Hall–Kier alpha value is -3.21. The number of esters is 2. The molecule has 1 saturated heterocycles. The van der Waals surface area contributed by atoms with Crippen molar-refractivity contribution in [2.24, 2.45) is 0 Å². The van der Waals surface area contributed by atoms with Crippen LogP contribution in [-0.4, -0.2) is 174 Å². The van der Waals surface area contributed by atoms with Crippen molar-refractivity contribution in [3.63, 3.8) is 0 Å². The van der Waals surface area contributed by atoms with E-state index in [0.717, 1.165) is 11.4 Å². The molecule has 0 aromatic carbocycles. The lowest BCUT2D eigenvalue weighted by Gasteiger charge is -2.28. The van der Waals surface area contributed by atoms with Crippen molar-refractivity contribution >= 4 is 23.8 Å². The quantitative estimate of drug-likeness (QED) is 0.126. The van der Waals surface area contributed by atoms with E-state index in [1.807, 2.05) is 42.0 Å². The Morgan fingerprint density at radius 2 is 1.70 bits per heavy atom. The Bertz CT molecular complexity index is 1100. The van der Waals surface area contributed by atoms with Crippen molar-refractivity contribution in [3.05, 3.63) is 29.6 Å². The van der Waals surface area contributed by atoms with Crippen molar-refractivity contribution < 1.29 is 44.0 Å². The van der Waals surface area contributed by atoms with Crippen molar-refractivity contribution in [3.8, 4) is 0 Å². The van der Waals surface area contributed by atoms with Crippen LogP contribution in [0.15, 0.2) is 18.2 Å². The molecular weight excluding hydrogens is 600 g/mol. The predicted octanol–water partition coefficient (Wildman–Crippen LogP) is -1.33. The SMILES string of the molecule is Cc1cccc(CN(C)C(CCC(=O)N(CCO)CCO)C(=O)OCCN(C)CCN2COC(=O)C2CCC(=O)N(C)CCO)n1. The Morgan fingerprint density at radius 1 is 1.00 bits per heavy atom. The summed E-state index contributed by atoms with van der Waals surface area (Å²) in [6.07, 6.45) is 0.709. The van der Waals surface area contributed by atoms with Crippen molar-refractivity contribution in [1.82, 2.24) is 29.5 Å². The van der Waals surface area contributed by atoms with Gasteiger partial charge in [0.25, 0.3) is 0 Å². The van der Waals surface area contributed by atoms with Gasteiger partial charge in [-0.15, -0.1) is 0 Å². The third-order valence-corrected chi connectivity index (χ3v) is 7.95. The molecule has 15 heteroatoms. The van der Waals surface area contributed by atoms with Crippen molar-refractivity contribution in [2.75, 3.05) is 93.6 Å². The number of hydrogen-bond acceptors (Lipinski definition) is 13. The van der Waals surface area contributed by atoms with Crippen LogP contribution < -0.4 is 0 Å². The number of hydrogen-bond donors (Lipinski definition) is 3. The first-order valence-corrected chi connectivity index (χ1v) is 15.7. The summed E-state index contributed by atoms with van der Waals surface area (Å²) in [6, 6.07) is 4.40. The molecule has 46 heavy (non-hydrogen) atoms. The molecule has 2 heterocycles. The van der Waals surface area contributed by atoms with Crippen LogP contribution in [-0.2, 0) is 35.2 Å². The molecule has 2 rings (SSSR count). The molecular formula is C31H52N6O9. The number of likely N-dealkylation sites (N-methyl/N-ethyl adjacent to an activating group) is 3. The second-order valence-corrected chi connectivity index (χ2v) is 11.5. The maximum absolute atomic E-state index is 13.3. The van der Waals surface area contributed by atoms with E-state index < -0.39 is 18.1 Å². The number of nitrogens with zero attached hydrogens (tertiary/aromatic N) is 6. The van der Waals surface area contributed by atoms with Crippen molar-refractivity contribution in [1.29, 1.82) is 0 Å². The van der Waals surface area contributed by atoms with E-state index in [1.54, 1.807) is 19.0 Å². The van der Waals surface area contributed by atoms with Gasteiger partial charge in [0.2, 0.25) is 11.8 Å². The lowest BCUT2D eigenvalue weighted by molar-refractivity contribution is -0.151. The van der Waals surface area contributed by atoms with Crippen LogP contribution in [0.1, 0.15) is 37.1 Å². The molecule has 1 aromatic heterocycles. The fraction of sp³-hybridized carbons (Fsp3) is 0.710. The van der Waals surface area contributed by atoms with E-state index in [9.17, 15) is 29.4 Å². The maximum atomic E-state index is 13.3. The molecule has 1 fully saturated rings. The number of aliphatic hydroxyl groups is 3. The topological polar surface area (TPSA) is 177 Å². The average Bonchev–Trinajstić information content (AvgIpc) is 3.37. The number of aromatic nitrogens is 1. The third-order valence-electron chi connectivity index (χ3n) is 7.95. The number of amides is 2. The zero-order valence-electron chi connectivity index (χ0n) is 27.7. The minimum atomic E-state index is -0.727. The summed E-state index contributed by atoms with van der Waals surface area (Å²) in [5, 5.41) is 27.6. The summed E-state index contributed by atoms with van der Waals surface area (Å²) >= 11 is 0. The third kappa shape index (κ3) is 13.3. The molecule has 2 amide bonds. The van der Waals surface area contributed by atoms with E-state index in [1.165, 1.54) is 9.80 Å². The Morgan fingerprint density at radius 3 is 2.35 bits per heavy atom. The highest BCUT2D eigenvalue weighted by Gasteiger charge is 2.34. The smallest absolute Gasteiger partial charge is 0.324 e. The van der Waals surface area contributed by atoms with Crippen LogP contribution in [0.4, 0.5) is 0 Å². The summed E-state index contributed by atoms with van der Waals surface area (Å²) in [5.74, 6) is -1.25. The van der Waals surface area contributed by atoms with Gasteiger partial charge in [-0.3, -0.25) is 34.0 Å². The highest BCUT2D eigenvalue weighted by atomic mass is 16.6. The molecule has 1 aromatic rings. The second kappa shape index (κ2) is 20.8. The Labute approximate surface area is 271 Å². The minimum Gasteiger partial charge on any atom is -0.463 e. The van der Waals surface area contributed by atoms with Gasteiger partial charge < -0.3 is 39.5 Å². The summed E-state index contributed by atoms with van der Waals surface area (Å²) in [4.78, 5) is 63.6. The number of carbonyl (C=O) groups excluding carboxylic acids is 4. The zero-order valence-corrected chi connectivity index (χ0v) is 27.7. The molecule has 3 N–H and O–H groups in total. The highest BCUT2D eigenvalue weighted by molar-refractivity contribution is 5.80. The molecule has 2 unspecified atom stereocenters. The van der Waals surface area contributed by atoms with E-state index in [0.29, 0.717) is 32.6 Å². The van der Waals surface area contributed by atoms with Gasteiger partial charge in [0.15, 0.2) is 0 Å². The van der Waals surface area contributed by atoms with Gasteiger partial charge in [-0.25, -0.2) is 0 Å². The van der Waals surface area contributed by atoms with E-state index in [2.05, 4.69) is 4.98 Å².